The molecule has 3 N–H and O–H groups in total. The molecule has 1 aromatic carbocycles. The van der Waals surface area contributed by atoms with Crippen molar-refractivity contribution in [2.75, 3.05) is 6.54 Å². The molecule has 2 rings (SSSR count). The molecule has 6 heteroatoms. The normalized spacial score (nSPS) is 16.1. The zero-order valence-corrected chi connectivity index (χ0v) is 11.7. The van der Waals surface area contributed by atoms with Crippen molar-refractivity contribution in [2.45, 2.75) is 25.3 Å². The maximum Gasteiger partial charge on any atom is 0.331 e. The molecule has 108 valence electrons. The van der Waals surface area contributed by atoms with Crippen LogP contribution in [0.4, 0.5) is 4.79 Å². The Kier molecular flexibility index (Phi) is 4.84. The van der Waals surface area contributed by atoms with E-state index in [1.54, 1.807) is 24.3 Å². The quantitative estimate of drug-likeness (QED) is 0.781. The Bertz CT molecular complexity index is 503. The molecule has 1 aliphatic rings. The van der Waals surface area contributed by atoms with E-state index in [1.807, 2.05) is 0 Å². The lowest BCUT2D eigenvalue weighted by molar-refractivity contribution is -0.139. The molecule has 0 radical (unpaired) electrons. The molecule has 0 aromatic heterocycles. The fourth-order valence-electron chi connectivity index (χ4n) is 2.10. The molecule has 1 saturated carbocycles. The molecule has 0 bridgehead atoms. The largest absolute Gasteiger partial charge is 0.479 e. The number of carbonyl (C=O) groups excluding carboxylic acids is 1. The summed E-state index contributed by atoms with van der Waals surface area (Å²) < 4.78 is 0. The van der Waals surface area contributed by atoms with Gasteiger partial charge in [0.1, 0.15) is 0 Å². The highest BCUT2D eigenvalue weighted by atomic mass is 35.5. The Hall–Kier alpha value is -1.75. The van der Waals surface area contributed by atoms with E-state index in [0.717, 1.165) is 12.8 Å². The smallest absolute Gasteiger partial charge is 0.331 e. The van der Waals surface area contributed by atoms with Gasteiger partial charge in [-0.3, -0.25) is 0 Å². The van der Waals surface area contributed by atoms with Gasteiger partial charge in [0.15, 0.2) is 6.04 Å². The van der Waals surface area contributed by atoms with Crippen molar-refractivity contribution in [3.63, 3.8) is 0 Å². The summed E-state index contributed by atoms with van der Waals surface area (Å²) in [5, 5.41) is 14.7. The number of amides is 2. The molecule has 5 nitrogen and oxygen atoms in total. The number of halogens is 1. The van der Waals surface area contributed by atoms with Gasteiger partial charge in [0.2, 0.25) is 0 Å². The minimum Gasteiger partial charge on any atom is -0.479 e. The Morgan fingerprint density at radius 3 is 2.60 bits per heavy atom. The van der Waals surface area contributed by atoms with Crippen molar-refractivity contribution >= 4 is 23.6 Å². The van der Waals surface area contributed by atoms with E-state index < -0.39 is 18.0 Å². The van der Waals surface area contributed by atoms with Gasteiger partial charge >= 0.3 is 12.0 Å². The molecule has 1 fully saturated rings. The lowest BCUT2D eigenvalue weighted by Gasteiger charge is -2.26. The van der Waals surface area contributed by atoms with E-state index in [0.29, 0.717) is 23.0 Å². The van der Waals surface area contributed by atoms with E-state index >= 15 is 0 Å². The Labute approximate surface area is 122 Å². The predicted molar refractivity (Wildman–Crippen MR) is 75.7 cm³/mol. The van der Waals surface area contributed by atoms with Crippen LogP contribution in [0.15, 0.2) is 24.3 Å². The van der Waals surface area contributed by atoms with Gasteiger partial charge in [-0.1, -0.05) is 36.2 Å². The Morgan fingerprint density at radius 2 is 2.05 bits per heavy atom. The number of hydrogen-bond acceptors (Lipinski definition) is 2. The Morgan fingerprint density at radius 1 is 1.35 bits per heavy atom. The predicted octanol–water partition coefficient (Wildman–Crippen LogP) is 2.57. The molecule has 0 heterocycles. The first-order valence-corrected chi connectivity index (χ1v) is 6.97. The van der Waals surface area contributed by atoms with E-state index in [-0.39, 0.29) is 0 Å². The number of rotatable bonds is 5. The van der Waals surface area contributed by atoms with Crippen LogP contribution in [0.3, 0.4) is 0 Å². The van der Waals surface area contributed by atoms with Gasteiger partial charge in [-0.2, -0.15) is 0 Å². The average Bonchev–Trinajstić information content (AvgIpc) is 2.35. The summed E-state index contributed by atoms with van der Waals surface area (Å²) in [6, 6.07) is 4.95. The molecule has 1 aromatic rings. The third kappa shape index (κ3) is 3.63. The van der Waals surface area contributed by atoms with Crippen molar-refractivity contribution in [1.29, 1.82) is 0 Å². The highest BCUT2D eigenvalue weighted by molar-refractivity contribution is 6.31. The van der Waals surface area contributed by atoms with E-state index in [2.05, 4.69) is 10.6 Å². The topological polar surface area (TPSA) is 78.4 Å². The number of carbonyl (C=O) groups is 2. The van der Waals surface area contributed by atoms with Crippen LogP contribution in [0.5, 0.6) is 0 Å². The summed E-state index contributed by atoms with van der Waals surface area (Å²) in [5.41, 5.74) is 0.375. The van der Waals surface area contributed by atoms with Gasteiger partial charge in [-0.25, -0.2) is 9.59 Å². The highest BCUT2D eigenvalue weighted by Crippen LogP contribution is 2.25. The number of carboxylic acid groups (broad SMARTS) is 1. The van der Waals surface area contributed by atoms with E-state index in [4.69, 9.17) is 11.6 Å². The summed E-state index contributed by atoms with van der Waals surface area (Å²) in [7, 11) is 0. The number of carboxylic acids is 1. The molecule has 2 amide bonds. The summed E-state index contributed by atoms with van der Waals surface area (Å²) in [5.74, 6) is -0.624. The Balaban J connectivity index is 1.96. The van der Waals surface area contributed by atoms with Gasteiger partial charge in [-0.05, 0) is 24.8 Å². The third-order valence-corrected chi connectivity index (χ3v) is 3.86. The van der Waals surface area contributed by atoms with Crippen LogP contribution in [0, 0.1) is 5.92 Å². The number of nitrogens with one attached hydrogen (secondary N) is 2. The average molecular weight is 297 g/mol. The maximum absolute atomic E-state index is 11.8. The first-order valence-electron chi connectivity index (χ1n) is 6.59. The zero-order chi connectivity index (χ0) is 14.5. The first-order chi connectivity index (χ1) is 9.58. The van der Waals surface area contributed by atoms with Crippen molar-refractivity contribution in [3.05, 3.63) is 34.9 Å². The van der Waals surface area contributed by atoms with Crippen molar-refractivity contribution < 1.29 is 14.7 Å². The fraction of sp³-hybridized carbons (Fsp3) is 0.429. The lowest BCUT2D eigenvalue weighted by Crippen LogP contribution is -2.43. The third-order valence-electron chi connectivity index (χ3n) is 3.51. The van der Waals surface area contributed by atoms with E-state index in [1.165, 1.54) is 6.42 Å². The second kappa shape index (κ2) is 6.61. The lowest BCUT2D eigenvalue weighted by atomic mass is 9.85. The molecular formula is C14H17ClN2O3. The van der Waals surface area contributed by atoms with E-state index in [9.17, 15) is 14.7 Å². The maximum atomic E-state index is 11.8. The minimum absolute atomic E-state index is 0.319. The van der Waals surface area contributed by atoms with Gasteiger partial charge in [0.05, 0.1) is 0 Å². The van der Waals surface area contributed by atoms with Crippen LogP contribution in [0.1, 0.15) is 30.9 Å². The molecule has 20 heavy (non-hydrogen) atoms. The molecule has 0 unspecified atom stereocenters. The van der Waals surface area contributed by atoms with Crippen LogP contribution in [0.2, 0.25) is 5.02 Å². The van der Waals surface area contributed by atoms with Crippen LogP contribution < -0.4 is 10.6 Å². The van der Waals surface area contributed by atoms with Crippen LogP contribution in [-0.2, 0) is 4.79 Å². The number of aliphatic carboxylic acids is 1. The molecule has 1 aliphatic carbocycles. The summed E-state index contributed by atoms with van der Waals surface area (Å²) in [6.07, 6.45) is 3.44. The number of benzene rings is 1. The molecule has 0 aliphatic heterocycles. The second-order valence-electron chi connectivity index (χ2n) is 4.94. The van der Waals surface area contributed by atoms with Gasteiger partial charge in [0.25, 0.3) is 0 Å². The van der Waals surface area contributed by atoms with Crippen molar-refractivity contribution in [2.24, 2.45) is 5.92 Å². The number of hydrogen-bond donors (Lipinski definition) is 3. The molecule has 1 atom stereocenters. The monoisotopic (exact) mass is 296 g/mol. The van der Waals surface area contributed by atoms with Crippen LogP contribution in [0.25, 0.3) is 0 Å². The minimum atomic E-state index is -1.15. The SMILES string of the molecule is O=C(NCC1CCC1)N[C@@H](C(=O)O)c1ccccc1Cl. The fourth-order valence-corrected chi connectivity index (χ4v) is 2.34. The van der Waals surface area contributed by atoms with Crippen LogP contribution >= 0.6 is 11.6 Å². The highest BCUT2D eigenvalue weighted by Gasteiger charge is 2.25. The van der Waals surface area contributed by atoms with Crippen molar-refractivity contribution in [1.82, 2.24) is 10.6 Å². The van der Waals surface area contributed by atoms with Gasteiger partial charge < -0.3 is 15.7 Å². The zero-order valence-electron chi connectivity index (χ0n) is 10.9. The van der Waals surface area contributed by atoms with Crippen LogP contribution in [-0.4, -0.2) is 23.7 Å². The van der Waals surface area contributed by atoms with Crippen molar-refractivity contribution in [3.8, 4) is 0 Å². The number of urea groups is 1. The van der Waals surface area contributed by atoms with Gasteiger partial charge in [0, 0.05) is 17.1 Å². The molecule has 0 spiro atoms. The summed E-state index contributed by atoms with van der Waals surface area (Å²) >= 11 is 5.97. The second-order valence-corrected chi connectivity index (χ2v) is 5.35. The molecular weight excluding hydrogens is 280 g/mol. The standard InChI is InChI=1S/C14H17ClN2O3/c15-11-7-2-1-6-10(11)12(13(18)19)17-14(20)16-8-9-4-3-5-9/h1-2,6-7,9,12H,3-5,8H2,(H,18,19)(H2,16,17,20)/t12-/m1/s1. The molecule has 0 saturated heterocycles. The summed E-state index contributed by atoms with van der Waals surface area (Å²) in [6.45, 7) is 0.584. The summed E-state index contributed by atoms with van der Waals surface area (Å²) in [4.78, 5) is 23.1. The van der Waals surface area contributed by atoms with Gasteiger partial charge in [-0.15, -0.1) is 0 Å². The first kappa shape index (κ1) is 14.7.